The van der Waals surface area contributed by atoms with Crippen LogP contribution in [0.1, 0.15) is 17.9 Å². The summed E-state index contributed by atoms with van der Waals surface area (Å²) < 4.78 is 0. The Kier molecular flexibility index (Phi) is 1.64. The molecule has 1 aromatic rings. The lowest BCUT2D eigenvalue weighted by atomic mass is 9.93. The van der Waals surface area contributed by atoms with E-state index in [-0.39, 0.29) is 0 Å². The van der Waals surface area contributed by atoms with Gasteiger partial charge >= 0.3 is 0 Å². The molecule has 1 unspecified atom stereocenters. The molecule has 2 heterocycles. The number of anilines is 1. The largest absolute Gasteiger partial charge is 0.343 e. The van der Waals surface area contributed by atoms with Crippen LogP contribution in [0.2, 0.25) is 5.02 Å². The van der Waals surface area contributed by atoms with Crippen LogP contribution in [0.25, 0.3) is 0 Å². The first kappa shape index (κ1) is 8.06. The molecule has 0 amide bonds. The fourth-order valence-electron chi connectivity index (χ4n) is 2.01. The molecule has 0 aromatic carbocycles. The summed E-state index contributed by atoms with van der Waals surface area (Å²) in [4.78, 5) is 4.27. The van der Waals surface area contributed by atoms with E-state index < -0.39 is 0 Å². The predicted molar refractivity (Wildman–Crippen MR) is 57.5 cm³/mol. The monoisotopic (exact) mass is 204 g/mol. The van der Waals surface area contributed by atoms with Gasteiger partial charge in [0, 0.05) is 23.4 Å². The maximum atomic E-state index is 5.93. The minimum Gasteiger partial charge on any atom is -0.343 e. The number of hydrogen-bond acceptors (Lipinski definition) is 2. The average Bonchev–Trinajstić information content (AvgIpc) is 2.56. The molecule has 3 heteroatoms. The summed E-state index contributed by atoms with van der Waals surface area (Å²) in [6, 6.07) is 2.00. The summed E-state index contributed by atoms with van der Waals surface area (Å²) in [5.74, 6) is 1.38. The van der Waals surface area contributed by atoms with Gasteiger partial charge in [-0.1, -0.05) is 23.8 Å². The van der Waals surface area contributed by atoms with Crippen molar-refractivity contribution in [1.29, 1.82) is 0 Å². The second kappa shape index (κ2) is 2.85. The molecule has 14 heavy (non-hydrogen) atoms. The van der Waals surface area contributed by atoms with Crippen LogP contribution >= 0.6 is 11.6 Å². The van der Waals surface area contributed by atoms with Crippen LogP contribution in [0.3, 0.4) is 0 Å². The van der Waals surface area contributed by atoms with Crippen LogP contribution in [0.5, 0.6) is 0 Å². The second-order valence-electron chi connectivity index (χ2n) is 3.55. The summed E-state index contributed by atoms with van der Waals surface area (Å²) in [5.41, 5.74) is 2.45. The first-order valence-corrected chi connectivity index (χ1v) is 5.01. The molecule has 1 atom stereocenters. The van der Waals surface area contributed by atoms with Gasteiger partial charge in [-0.05, 0) is 18.6 Å². The molecule has 0 radical (unpaired) electrons. The van der Waals surface area contributed by atoms with Gasteiger partial charge in [0.05, 0.1) is 5.02 Å². The number of nitrogens with zero attached hydrogens (tertiary/aromatic N) is 1. The molecule has 1 N–H and O–H groups in total. The summed E-state index contributed by atoms with van der Waals surface area (Å²) in [7, 11) is 0. The molecule has 0 fully saturated rings. The standard InChI is InChI=1S/C11H9ClN2/c12-7-5-9-8-3-1-2-4-10(8)14-11(9)13-6-7/h1-2,4-6,8H,3H2,(H,13,14). The van der Waals surface area contributed by atoms with Crippen molar-refractivity contribution in [3.8, 4) is 0 Å². The molecule has 2 aliphatic rings. The van der Waals surface area contributed by atoms with Crippen LogP contribution < -0.4 is 5.32 Å². The number of hydrogen-bond donors (Lipinski definition) is 1. The third kappa shape index (κ3) is 1.07. The van der Waals surface area contributed by atoms with Gasteiger partial charge in [-0.15, -0.1) is 0 Å². The minimum atomic E-state index is 0.432. The van der Waals surface area contributed by atoms with Gasteiger partial charge < -0.3 is 5.32 Å². The van der Waals surface area contributed by atoms with E-state index in [1.807, 2.05) is 6.07 Å². The second-order valence-corrected chi connectivity index (χ2v) is 3.99. The van der Waals surface area contributed by atoms with E-state index in [1.54, 1.807) is 6.20 Å². The lowest BCUT2D eigenvalue weighted by molar-refractivity contribution is 0.835. The van der Waals surface area contributed by atoms with Gasteiger partial charge in [0.1, 0.15) is 5.82 Å². The van der Waals surface area contributed by atoms with Crippen molar-refractivity contribution < 1.29 is 0 Å². The van der Waals surface area contributed by atoms with Crippen molar-refractivity contribution >= 4 is 17.4 Å². The summed E-state index contributed by atoms with van der Waals surface area (Å²) in [6.07, 6.45) is 9.06. The van der Waals surface area contributed by atoms with Crippen molar-refractivity contribution in [2.24, 2.45) is 0 Å². The van der Waals surface area contributed by atoms with E-state index in [1.165, 1.54) is 11.3 Å². The Hall–Kier alpha value is -1.28. The number of halogens is 1. The third-order valence-electron chi connectivity index (χ3n) is 2.68. The van der Waals surface area contributed by atoms with Crippen molar-refractivity contribution in [3.63, 3.8) is 0 Å². The van der Waals surface area contributed by atoms with Crippen molar-refractivity contribution in [1.82, 2.24) is 4.98 Å². The zero-order valence-corrected chi connectivity index (χ0v) is 8.25. The SMILES string of the molecule is Clc1cnc2c(c1)C1CC=CC=C1N2. The molecule has 1 aromatic heterocycles. The Bertz CT molecular complexity index is 449. The van der Waals surface area contributed by atoms with Gasteiger partial charge in [0.15, 0.2) is 0 Å². The lowest BCUT2D eigenvalue weighted by Crippen LogP contribution is -2.01. The van der Waals surface area contributed by atoms with Crippen LogP contribution in [0.4, 0.5) is 5.82 Å². The Morgan fingerprint density at radius 3 is 3.36 bits per heavy atom. The highest BCUT2D eigenvalue weighted by molar-refractivity contribution is 6.30. The van der Waals surface area contributed by atoms with Gasteiger partial charge in [0.2, 0.25) is 0 Å². The smallest absolute Gasteiger partial charge is 0.134 e. The molecule has 0 bridgehead atoms. The summed E-state index contributed by atoms with van der Waals surface area (Å²) in [6.45, 7) is 0. The first-order valence-electron chi connectivity index (χ1n) is 4.64. The van der Waals surface area contributed by atoms with Crippen molar-refractivity contribution in [2.45, 2.75) is 12.3 Å². The van der Waals surface area contributed by atoms with Gasteiger partial charge in [-0.25, -0.2) is 4.98 Å². The summed E-state index contributed by atoms with van der Waals surface area (Å²) in [5, 5.41) is 4.01. The van der Waals surface area contributed by atoms with Crippen molar-refractivity contribution in [3.05, 3.63) is 46.8 Å². The maximum absolute atomic E-state index is 5.93. The Morgan fingerprint density at radius 2 is 2.43 bits per heavy atom. The van der Waals surface area contributed by atoms with E-state index in [2.05, 4.69) is 28.5 Å². The number of rotatable bonds is 0. The molecule has 0 saturated heterocycles. The maximum Gasteiger partial charge on any atom is 0.134 e. The van der Waals surface area contributed by atoms with Gasteiger partial charge in [-0.3, -0.25) is 0 Å². The van der Waals surface area contributed by atoms with E-state index in [9.17, 15) is 0 Å². The Morgan fingerprint density at radius 1 is 1.50 bits per heavy atom. The van der Waals surface area contributed by atoms with E-state index in [4.69, 9.17) is 11.6 Å². The van der Waals surface area contributed by atoms with E-state index in [0.717, 1.165) is 12.2 Å². The van der Waals surface area contributed by atoms with E-state index >= 15 is 0 Å². The Balaban J connectivity index is 2.13. The van der Waals surface area contributed by atoms with Crippen molar-refractivity contribution in [2.75, 3.05) is 5.32 Å². The van der Waals surface area contributed by atoms with E-state index in [0.29, 0.717) is 10.9 Å². The lowest BCUT2D eigenvalue weighted by Gasteiger charge is -2.12. The molecule has 3 rings (SSSR count). The summed E-state index contributed by atoms with van der Waals surface area (Å²) >= 11 is 5.93. The molecule has 1 aliphatic heterocycles. The third-order valence-corrected chi connectivity index (χ3v) is 2.89. The highest BCUT2D eigenvalue weighted by atomic mass is 35.5. The highest BCUT2D eigenvalue weighted by Crippen LogP contribution is 2.41. The first-order chi connectivity index (χ1) is 6.84. The number of nitrogens with one attached hydrogen (secondary N) is 1. The Labute approximate surface area is 87.3 Å². The molecule has 2 nitrogen and oxygen atoms in total. The fraction of sp³-hybridized carbons (Fsp3) is 0.182. The topological polar surface area (TPSA) is 24.9 Å². The van der Waals surface area contributed by atoms with Gasteiger partial charge in [-0.2, -0.15) is 0 Å². The zero-order chi connectivity index (χ0) is 9.54. The number of aromatic nitrogens is 1. The normalized spacial score (nSPS) is 22.4. The van der Waals surface area contributed by atoms with Crippen LogP contribution in [0.15, 0.2) is 36.2 Å². The molecule has 1 aliphatic carbocycles. The van der Waals surface area contributed by atoms with Crippen LogP contribution in [-0.4, -0.2) is 4.98 Å². The predicted octanol–water partition coefficient (Wildman–Crippen LogP) is 3.09. The molecule has 0 saturated carbocycles. The number of allylic oxidation sites excluding steroid dienone is 4. The van der Waals surface area contributed by atoms with Gasteiger partial charge in [0.25, 0.3) is 0 Å². The highest BCUT2D eigenvalue weighted by Gasteiger charge is 2.28. The number of fused-ring (bicyclic) bond motifs is 3. The quantitative estimate of drug-likeness (QED) is 0.703. The molecular formula is C11H9ClN2. The minimum absolute atomic E-state index is 0.432. The van der Waals surface area contributed by atoms with Crippen LogP contribution in [0, 0.1) is 0 Å². The van der Waals surface area contributed by atoms with Crippen LogP contribution in [-0.2, 0) is 0 Å². The fourth-order valence-corrected chi connectivity index (χ4v) is 2.18. The average molecular weight is 205 g/mol. The number of pyridine rings is 1. The molecule has 70 valence electrons. The molecule has 0 spiro atoms. The zero-order valence-electron chi connectivity index (χ0n) is 7.50. The molecular weight excluding hydrogens is 196 g/mol.